The number of fused-ring (bicyclic) bond motifs is 2. The molecule has 8 aromatic rings. The molecule has 0 atom stereocenters. The topological polar surface area (TPSA) is 281 Å². The predicted molar refractivity (Wildman–Crippen MR) is 294 cm³/mol. The van der Waals surface area contributed by atoms with Crippen LogP contribution in [0.5, 0.6) is 23.0 Å². The Morgan fingerprint density at radius 1 is 0.571 bits per heavy atom. The second kappa shape index (κ2) is 26.3. The van der Waals surface area contributed by atoms with Crippen LogP contribution in [0, 0.1) is 0 Å². The van der Waals surface area contributed by atoms with Gasteiger partial charge >= 0.3 is 48.9 Å². The van der Waals surface area contributed by atoms with Gasteiger partial charge in [-0.25, -0.2) is 8.42 Å². The molecule has 0 spiro atoms. The predicted octanol–water partition coefficient (Wildman–Crippen LogP) is 12.8. The average Bonchev–Trinajstić information content (AvgIpc) is 3.41. The molecule has 392 valence electrons. The number of carbonyl (C=O) groups excluding carboxylic acids is 2. The van der Waals surface area contributed by atoms with Crippen molar-refractivity contribution in [3.8, 4) is 23.0 Å². The number of hydrogen-bond acceptors (Lipinski definition) is 15. The fourth-order valence-corrected chi connectivity index (χ4v) is 9.71. The summed E-state index contributed by atoms with van der Waals surface area (Å²) in [4.78, 5) is 25.0. The Morgan fingerprint density at radius 2 is 0.974 bits per heavy atom. The van der Waals surface area contributed by atoms with E-state index in [9.17, 15) is 45.7 Å². The minimum absolute atomic E-state index is 0. The number of nitrogens with zero attached hydrogens (tertiary/aromatic N) is 4. The molecule has 77 heavy (non-hydrogen) atoms. The van der Waals surface area contributed by atoms with Gasteiger partial charge in [-0.3, -0.25) is 14.1 Å². The molecule has 0 aliphatic carbocycles. The monoisotopic (exact) mass is 1240 g/mol. The van der Waals surface area contributed by atoms with Crippen molar-refractivity contribution in [1.29, 1.82) is 0 Å². The van der Waals surface area contributed by atoms with E-state index in [4.69, 9.17) is 32.7 Å². The Balaban J connectivity index is 0.000000246. The van der Waals surface area contributed by atoms with Crippen molar-refractivity contribution in [2.24, 2.45) is 20.5 Å². The van der Waals surface area contributed by atoms with Gasteiger partial charge in [0.1, 0.15) is 43.6 Å². The van der Waals surface area contributed by atoms with Crippen molar-refractivity contribution < 1.29 is 55.2 Å². The fourth-order valence-electron chi connectivity index (χ4n) is 7.69. The van der Waals surface area contributed by atoms with E-state index in [0.717, 1.165) is 6.07 Å². The zero-order chi connectivity index (χ0) is 54.9. The molecule has 8 aromatic carbocycles. The molecule has 0 saturated carbocycles. The van der Waals surface area contributed by atoms with E-state index in [1.54, 1.807) is 104 Å². The molecule has 2 amide bonds. The summed E-state index contributed by atoms with van der Waals surface area (Å²) in [5.74, 6) is -1.18. The first kappa shape index (κ1) is 59.8. The van der Waals surface area contributed by atoms with Gasteiger partial charge in [-0.05, 0) is 121 Å². The molecule has 18 nitrogen and oxygen atoms in total. The number of carbonyl (C=O) groups is 2. The number of rotatable bonds is 16. The van der Waals surface area contributed by atoms with Crippen LogP contribution in [-0.4, -0.2) is 105 Å². The van der Waals surface area contributed by atoms with Crippen molar-refractivity contribution in [2.45, 2.75) is 50.3 Å². The first-order valence-electron chi connectivity index (χ1n) is 23.2. The number of azo groups is 2. The molecule has 0 saturated heterocycles. The van der Waals surface area contributed by atoms with Crippen LogP contribution in [0.2, 0.25) is 10.0 Å². The van der Waals surface area contributed by atoms with E-state index in [1.807, 2.05) is 20.8 Å². The van der Waals surface area contributed by atoms with Gasteiger partial charge < -0.3 is 34.9 Å². The molecule has 0 aromatic heterocycles. The summed E-state index contributed by atoms with van der Waals surface area (Å²) in [6.45, 7) is 8.34. The number of hydrogen-bond donors (Lipinski definition) is 4. The molecule has 0 unspecified atom stereocenters. The van der Waals surface area contributed by atoms with Crippen molar-refractivity contribution in [3.63, 3.8) is 0 Å². The second-order valence-corrected chi connectivity index (χ2v) is 19.8. The molecule has 0 fully saturated rings. The summed E-state index contributed by atoms with van der Waals surface area (Å²) in [5, 5.41) is 47.9. The van der Waals surface area contributed by atoms with E-state index < -0.39 is 53.3 Å². The second-order valence-electron chi connectivity index (χ2n) is 16.3. The van der Waals surface area contributed by atoms with E-state index in [2.05, 4.69) is 31.1 Å². The van der Waals surface area contributed by atoms with Crippen LogP contribution in [0.1, 0.15) is 59.5 Å². The van der Waals surface area contributed by atoms with Gasteiger partial charge in [-0.2, -0.15) is 13.5 Å². The number of phenols is 1. The first-order chi connectivity index (χ1) is 36.3. The Morgan fingerprint density at radius 3 is 1.43 bits per heavy atom. The van der Waals surface area contributed by atoms with E-state index in [1.165, 1.54) is 30.3 Å². The Hall–Kier alpha value is -6.41. The van der Waals surface area contributed by atoms with Gasteiger partial charge in [0, 0.05) is 27.7 Å². The largest absolute Gasteiger partial charge is 2.00 e. The third-order valence-corrected chi connectivity index (χ3v) is 14.0. The van der Waals surface area contributed by atoms with Gasteiger partial charge in [0.05, 0.1) is 39.4 Å². The average molecular weight is 1240 g/mol. The third-order valence-electron chi connectivity index (χ3n) is 11.4. The summed E-state index contributed by atoms with van der Waals surface area (Å²) >= 11 is 12.7. The van der Waals surface area contributed by atoms with Crippen molar-refractivity contribution in [1.82, 2.24) is 0 Å². The number of aromatic hydroxyl groups is 1. The van der Waals surface area contributed by atoms with Crippen LogP contribution in [0.4, 0.5) is 34.1 Å². The molecule has 0 bridgehead atoms. The van der Waals surface area contributed by atoms with Crippen molar-refractivity contribution in [2.75, 3.05) is 23.8 Å². The van der Waals surface area contributed by atoms with E-state index in [0.29, 0.717) is 81.6 Å². The van der Waals surface area contributed by atoms with Gasteiger partial charge in [0.2, 0.25) is 0 Å². The molecule has 8 rings (SSSR count). The number of halogens is 2. The minimum atomic E-state index is -4.94. The SMILES string of the molecule is CCOc1ccc(NC(=O)c2cc3ccccc3c(N=Nc3c(S(=O)(=O)O)ccc(CC)c3Cl)c2O)cc1.CCOc1ccc(NC(=O)c2cc3ccccc3c(N=Nc3c(S(=O)(=O)[O-])ccc(CC)c3Cl)c2[O-])cc1.[Ba+2]. The Kier molecular flexibility index (Phi) is 20.4. The molecule has 23 heteroatoms. The standard InChI is InChI=1S/2C27H24ClN3O6S.Ba/c2*1-3-16-9-14-22(38(34,35)36)25(23(16)28)31-30-24-20-8-6-5-7-17(20)15-21(26(24)32)27(33)29-18-10-12-19(13-11-18)37-4-2;/h2*5-15,32H,3-4H2,1-2H3,(H,29,33)(H,34,35,36);/q;;+2/p-2. The number of phenolic OH excluding ortho intramolecular Hbond substituents is 1. The van der Waals surface area contributed by atoms with Crippen LogP contribution in [0.3, 0.4) is 0 Å². The van der Waals surface area contributed by atoms with E-state index in [-0.39, 0.29) is 92.8 Å². The molecule has 0 aliphatic rings. The van der Waals surface area contributed by atoms with Gasteiger partial charge in [0.25, 0.3) is 21.9 Å². The summed E-state index contributed by atoms with van der Waals surface area (Å²) in [5.41, 5.74) is 0.875. The van der Waals surface area contributed by atoms with Gasteiger partial charge in [-0.1, -0.05) is 103 Å². The number of ether oxygens (including phenoxy) is 2. The zero-order valence-electron chi connectivity index (χ0n) is 41.6. The van der Waals surface area contributed by atoms with Crippen LogP contribution in [0.25, 0.3) is 21.5 Å². The summed E-state index contributed by atoms with van der Waals surface area (Å²) < 4.78 is 79.9. The minimum Gasteiger partial charge on any atom is -0.870 e. The zero-order valence-corrected chi connectivity index (χ0v) is 49.2. The van der Waals surface area contributed by atoms with E-state index >= 15 is 0 Å². The van der Waals surface area contributed by atoms with Crippen LogP contribution in [-0.2, 0) is 33.1 Å². The molecule has 0 heterocycles. The summed E-state index contributed by atoms with van der Waals surface area (Å²) in [6, 6.07) is 35.2. The fraction of sp³-hybridized carbons (Fsp3) is 0.148. The molecule has 0 aliphatic heterocycles. The van der Waals surface area contributed by atoms with Crippen LogP contribution < -0.4 is 25.2 Å². The number of nitrogens with one attached hydrogen (secondary N) is 2. The van der Waals surface area contributed by atoms with Crippen LogP contribution in [0.15, 0.2) is 164 Å². The number of amides is 2. The summed E-state index contributed by atoms with van der Waals surface area (Å²) in [6.07, 6.45) is 0.917. The Bertz CT molecular complexity index is 3560. The number of anilines is 2. The molecule has 4 N–H and O–H groups in total. The van der Waals surface area contributed by atoms with Gasteiger partial charge in [-0.15, -0.1) is 15.3 Å². The quantitative estimate of drug-likeness (QED) is 0.0399. The normalized spacial score (nSPS) is 11.5. The van der Waals surface area contributed by atoms with Crippen molar-refractivity contribution in [3.05, 3.63) is 166 Å². The molecular weight excluding hydrogens is 1200 g/mol. The maximum atomic E-state index is 13.4. The van der Waals surface area contributed by atoms with Crippen molar-refractivity contribution >= 4 is 160 Å². The third kappa shape index (κ3) is 14.2. The smallest absolute Gasteiger partial charge is 0.870 e. The summed E-state index contributed by atoms with van der Waals surface area (Å²) in [7, 11) is -9.62. The van der Waals surface area contributed by atoms with Crippen LogP contribution >= 0.6 is 23.2 Å². The maximum Gasteiger partial charge on any atom is 2.00 e. The maximum absolute atomic E-state index is 13.4. The molecule has 0 radical (unpaired) electrons. The Labute approximate surface area is 493 Å². The van der Waals surface area contributed by atoms with Gasteiger partial charge in [0.15, 0.2) is 5.75 Å². The first-order valence-corrected chi connectivity index (χ1v) is 26.8. The number of aryl methyl sites for hydroxylation is 2. The number of benzene rings is 8. The molecular formula is C54H46BaCl2N6O12S2.